The Morgan fingerprint density at radius 2 is 2.00 bits per heavy atom. The third-order valence-corrected chi connectivity index (χ3v) is 4.44. The lowest BCUT2D eigenvalue weighted by molar-refractivity contribution is 0.689. The molecule has 1 aliphatic carbocycles. The number of hydrogen-bond acceptors (Lipinski definition) is 4. The Morgan fingerprint density at radius 1 is 1.18 bits per heavy atom. The fraction of sp³-hybridized carbons (Fsp3) is 0.500. The lowest BCUT2D eigenvalue weighted by Gasteiger charge is -2.16. The van der Waals surface area contributed by atoms with Crippen molar-refractivity contribution in [3.05, 3.63) is 47.5 Å². The van der Waals surface area contributed by atoms with E-state index in [0.29, 0.717) is 5.92 Å². The van der Waals surface area contributed by atoms with E-state index in [9.17, 15) is 0 Å². The van der Waals surface area contributed by atoms with Crippen LogP contribution in [-0.2, 0) is 6.42 Å². The van der Waals surface area contributed by atoms with E-state index in [0.717, 1.165) is 18.1 Å². The van der Waals surface area contributed by atoms with Crippen molar-refractivity contribution < 1.29 is 0 Å². The summed E-state index contributed by atoms with van der Waals surface area (Å²) in [4.78, 5) is 13.5. The molecule has 0 aromatic carbocycles. The molecule has 2 heterocycles. The Kier molecular flexibility index (Phi) is 4.66. The van der Waals surface area contributed by atoms with Crippen LogP contribution >= 0.6 is 0 Å². The molecule has 0 saturated heterocycles. The van der Waals surface area contributed by atoms with Gasteiger partial charge in [-0.15, -0.1) is 0 Å². The molecule has 1 saturated carbocycles. The first-order valence-corrected chi connectivity index (χ1v) is 8.22. The standard InChI is InChI=1S/C18H24N4/c1-13-6-5-10-19-17(13)12-14(2)21-18-20-11-9-16(22-18)15-7-3-4-8-15/h5-6,9-11,14-15H,3-4,7-8,12H2,1-2H3,(H,20,21,22)/t14-/m1/s1. The van der Waals surface area contributed by atoms with Gasteiger partial charge in [0.25, 0.3) is 0 Å². The van der Waals surface area contributed by atoms with Crippen molar-refractivity contribution >= 4 is 5.95 Å². The zero-order valence-corrected chi connectivity index (χ0v) is 13.4. The molecule has 0 aliphatic heterocycles. The summed E-state index contributed by atoms with van der Waals surface area (Å²) in [6.07, 6.45) is 9.79. The highest BCUT2D eigenvalue weighted by atomic mass is 15.1. The zero-order valence-electron chi connectivity index (χ0n) is 13.4. The Hall–Kier alpha value is -1.97. The van der Waals surface area contributed by atoms with Gasteiger partial charge >= 0.3 is 0 Å². The molecule has 1 atom stereocenters. The molecule has 1 N–H and O–H groups in total. The Labute approximate surface area is 132 Å². The van der Waals surface area contributed by atoms with Crippen molar-refractivity contribution in [2.45, 2.75) is 57.9 Å². The highest BCUT2D eigenvalue weighted by molar-refractivity contribution is 5.29. The quantitative estimate of drug-likeness (QED) is 0.909. The fourth-order valence-electron chi connectivity index (χ4n) is 3.18. The van der Waals surface area contributed by atoms with Crippen molar-refractivity contribution in [3.8, 4) is 0 Å². The van der Waals surface area contributed by atoms with E-state index >= 15 is 0 Å². The van der Waals surface area contributed by atoms with Crippen molar-refractivity contribution in [3.63, 3.8) is 0 Å². The average Bonchev–Trinajstić information content (AvgIpc) is 3.04. The lowest BCUT2D eigenvalue weighted by atomic mass is 10.0. The van der Waals surface area contributed by atoms with Crippen LogP contribution in [0.3, 0.4) is 0 Å². The van der Waals surface area contributed by atoms with E-state index < -0.39 is 0 Å². The molecular weight excluding hydrogens is 272 g/mol. The molecule has 4 heteroatoms. The third-order valence-electron chi connectivity index (χ3n) is 4.44. The van der Waals surface area contributed by atoms with Crippen LogP contribution in [0, 0.1) is 6.92 Å². The Morgan fingerprint density at radius 3 is 2.77 bits per heavy atom. The van der Waals surface area contributed by atoms with Gasteiger partial charge in [0.05, 0.1) is 0 Å². The molecule has 2 aromatic heterocycles. The molecule has 0 radical (unpaired) electrons. The zero-order chi connectivity index (χ0) is 15.4. The molecule has 1 aliphatic rings. The lowest BCUT2D eigenvalue weighted by Crippen LogP contribution is -2.21. The predicted octanol–water partition coefficient (Wildman–Crippen LogP) is 3.88. The van der Waals surface area contributed by atoms with E-state index in [1.165, 1.54) is 36.9 Å². The first-order chi connectivity index (χ1) is 10.7. The molecule has 2 aromatic rings. The van der Waals surface area contributed by atoms with Gasteiger partial charge in [-0.25, -0.2) is 9.97 Å². The van der Waals surface area contributed by atoms with Crippen LogP contribution in [0.1, 0.15) is 55.5 Å². The minimum Gasteiger partial charge on any atom is -0.351 e. The maximum Gasteiger partial charge on any atom is 0.223 e. The van der Waals surface area contributed by atoms with Crippen molar-refractivity contribution in [1.29, 1.82) is 0 Å². The molecule has 116 valence electrons. The van der Waals surface area contributed by atoms with Crippen molar-refractivity contribution in [1.82, 2.24) is 15.0 Å². The second kappa shape index (κ2) is 6.86. The molecule has 0 bridgehead atoms. The second-order valence-electron chi connectivity index (χ2n) is 6.30. The number of anilines is 1. The van der Waals surface area contributed by atoms with E-state index in [1.54, 1.807) is 0 Å². The molecule has 22 heavy (non-hydrogen) atoms. The molecular formula is C18H24N4. The van der Waals surface area contributed by atoms with E-state index in [1.807, 2.05) is 18.5 Å². The van der Waals surface area contributed by atoms with Crippen LogP contribution in [0.25, 0.3) is 0 Å². The van der Waals surface area contributed by atoms with Crippen molar-refractivity contribution in [2.24, 2.45) is 0 Å². The summed E-state index contributed by atoms with van der Waals surface area (Å²) < 4.78 is 0. The SMILES string of the molecule is Cc1cccnc1C[C@@H](C)Nc1nccc(C2CCCC2)n1. The number of rotatable bonds is 5. The minimum atomic E-state index is 0.257. The number of hydrogen-bond donors (Lipinski definition) is 1. The van der Waals surface area contributed by atoms with E-state index in [-0.39, 0.29) is 6.04 Å². The number of nitrogens with one attached hydrogen (secondary N) is 1. The predicted molar refractivity (Wildman–Crippen MR) is 89.0 cm³/mol. The number of aryl methyl sites for hydroxylation is 1. The average molecular weight is 296 g/mol. The van der Waals surface area contributed by atoms with Crippen LogP contribution in [0.15, 0.2) is 30.6 Å². The molecule has 1 fully saturated rings. The molecule has 3 rings (SSSR count). The van der Waals surface area contributed by atoms with Gasteiger partial charge in [-0.05, 0) is 44.4 Å². The van der Waals surface area contributed by atoms with Crippen LogP contribution in [0.2, 0.25) is 0 Å². The summed E-state index contributed by atoms with van der Waals surface area (Å²) >= 11 is 0. The van der Waals surface area contributed by atoms with Gasteiger partial charge in [-0.1, -0.05) is 18.9 Å². The molecule has 0 amide bonds. The number of aromatic nitrogens is 3. The topological polar surface area (TPSA) is 50.7 Å². The summed E-state index contributed by atoms with van der Waals surface area (Å²) in [5.74, 6) is 1.36. The smallest absolute Gasteiger partial charge is 0.223 e. The van der Waals surface area contributed by atoms with Gasteiger partial charge in [0.15, 0.2) is 0 Å². The van der Waals surface area contributed by atoms with E-state index in [2.05, 4.69) is 41.3 Å². The van der Waals surface area contributed by atoms with Gasteiger partial charge in [-0.2, -0.15) is 0 Å². The maximum absolute atomic E-state index is 4.72. The first-order valence-electron chi connectivity index (χ1n) is 8.22. The molecule has 4 nitrogen and oxygen atoms in total. The summed E-state index contributed by atoms with van der Waals surface area (Å²) in [5.41, 5.74) is 3.56. The highest BCUT2D eigenvalue weighted by Crippen LogP contribution is 2.33. The minimum absolute atomic E-state index is 0.257. The van der Waals surface area contributed by atoms with Crippen LogP contribution in [0.5, 0.6) is 0 Å². The Bertz CT molecular complexity index is 620. The monoisotopic (exact) mass is 296 g/mol. The van der Waals surface area contributed by atoms with E-state index in [4.69, 9.17) is 4.98 Å². The maximum atomic E-state index is 4.72. The largest absolute Gasteiger partial charge is 0.351 e. The van der Waals surface area contributed by atoms with Crippen LogP contribution in [0.4, 0.5) is 5.95 Å². The summed E-state index contributed by atoms with van der Waals surface area (Å²) in [5, 5.41) is 3.42. The molecule has 0 spiro atoms. The number of nitrogens with zero attached hydrogens (tertiary/aromatic N) is 3. The van der Waals surface area contributed by atoms with Gasteiger partial charge in [0, 0.05) is 42.2 Å². The van der Waals surface area contributed by atoms with Gasteiger partial charge in [0.1, 0.15) is 0 Å². The second-order valence-corrected chi connectivity index (χ2v) is 6.30. The van der Waals surface area contributed by atoms with Crippen LogP contribution < -0.4 is 5.32 Å². The van der Waals surface area contributed by atoms with Gasteiger partial charge in [-0.3, -0.25) is 4.98 Å². The Balaban J connectivity index is 1.65. The van der Waals surface area contributed by atoms with Gasteiger partial charge < -0.3 is 5.32 Å². The highest BCUT2D eigenvalue weighted by Gasteiger charge is 2.19. The van der Waals surface area contributed by atoms with Crippen LogP contribution in [-0.4, -0.2) is 21.0 Å². The van der Waals surface area contributed by atoms with Gasteiger partial charge in [0.2, 0.25) is 5.95 Å². The fourth-order valence-corrected chi connectivity index (χ4v) is 3.18. The first kappa shape index (κ1) is 14.9. The summed E-state index contributed by atoms with van der Waals surface area (Å²) in [6.45, 7) is 4.26. The summed E-state index contributed by atoms with van der Waals surface area (Å²) in [7, 11) is 0. The van der Waals surface area contributed by atoms with Crippen molar-refractivity contribution in [2.75, 3.05) is 5.32 Å². The molecule has 0 unspecified atom stereocenters. The number of pyridine rings is 1. The normalized spacial score (nSPS) is 16.6. The summed E-state index contributed by atoms with van der Waals surface area (Å²) in [6, 6.07) is 6.40. The third kappa shape index (κ3) is 3.62.